The van der Waals surface area contributed by atoms with Crippen molar-refractivity contribution in [2.45, 2.75) is 19.3 Å². The summed E-state index contributed by atoms with van der Waals surface area (Å²) < 4.78 is 0. The molecule has 1 aliphatic heterocycles. The van der Waals surface area contributed by atoms with Gasteiger partial charge in [-0.05, 0) is 43.0 Å². The summed E-state index contributed by atoms with van der Waals surface area (Å²) in [6, 6.07) is 6.94. The fourth-order valence-electron chi connectivity index (χ4n) is 2.18. The van der Waals surface area contributed by atoms with Gasteiger partial charge in [0.1, 0.15) is 11.6 Å². The fourth-order valence-corrected chi connectivity index (χ4v) is 2.65. The molecule has 0 spiro atoms. The van der Waals surface area contributed by atoms with Crippen LogP contribution in [0.1, 0.15) is 24.8 Å². The van der Waals surface area contributed by atoms with Gasteiger partial charge in [-0.15, -0.1) is 0 Å². The second-order valence-electron chi connectivity index (χ2n) is 4.69. The number of benzene rings is 1. The van der Waals surface area contributed by atoms with Gasteiger partial charge in [-0.1, -0.05) is 29.3 Å². The highest BCUT2D eigenvalue weighted by Crippen LogP contribution is 2.23. The first-order valence-electron chi connectivity index (χ1n) is 6.48. The predicted octanol–water partition coefficient (Wildman–Crippen LogP) is 3.91. The number of hydrogen-bond acceptors (Lipinski definition) is 2. The number of amides is 1. The van der Waals surface area contributed by atoms with E-state index in [1.807, 2.05) is 6.07 Å². The third-order valence-electron chi connectivity index (χ3n) is 3.26. The van der Waals surface area contributed by atoms with E-state index in [0.717, 1.165) is 19.3 Å². The lowest BCUT2D eigenvalue weighted by Crippen LogP contribution is -2.36. The monoisotopic (exact) mass is 308 g/mol. The molecule has 0 radical (unpaired) electrons. The molecule has 3 nitrogen and oxygen atoms in total. The van der Waals surface area contributed by atoms with Gasteiger partial charge in [0.25, 0.3) is 5.91 Å². The summed E-state index contributed by atoms with van der Waals surface area (Å²) in [7, 11) is 0. The van der Waals surface area contributed by atoms with Gasteiger partial charge in [-0.2, -0.15) is 5.26 Å². The van der Waals surface area contributed by atoms with E-state index in [4.69, 9.17) is 23.2 Å². The lowest BCUT2D eigenvalue weighted by atomic mass is 10.1. The van der Waals surface area contributed by atoms with Crippen molar-refractivity contribution in [2.24, 2.45) is 0 Å². The molecule has 0 bridgehead atoms. The molecule has 1 heterocycles. The van der Waals surface area contributed by atoms with Gasteiger partial charge in [0.2, 0.25) is 0 Å². The second-order valence-corrected chi connectivity index (χ2v) is 5.53. The van der Waals surface area contributed by atoms with Crippen LogP contribution in [0.4, 0.5) is 0 Å². The summed E-state index contributed by atoms with van der Waals surface area (Å²) in [6.07, 6.45) is 4.65. The number of piperidine rings is 1. The molecule has 1 aliphatic rings. The Hall–Kier alpha value is -1.50. The maximum Gasteiger partial charge on any atom is 0.264 e. The van der Waals surface area contributed by atoms with Crippen molar-refractivity contribution in [2.75, 3.05) is 13.1 Å². The number of nitrogens with zero attached hydrogens (tertiary/aromatic N) is 2. The second kappa shape index (κ2) is 6.78. The molecule has 0 N–H and O–H groups in total. The van der Waals surface area contributed by atoms with E-state index in [0.29, 0.717) is 28.7 Å². The summed E-state index contributed by atoms with van der Waals surface area (Å²) in [5.41, 5.74) is 0.731. The number of carbonyl (C=O) groups is 1. The van der Waals surface area contributed by atoms with E-state index < -0.39 is 0 Å². The smallest absolute Gasteiger partial charge is 0.264 e. The molecule has 0 atom stereocenters. The van der Waals surface area contributed by atoms with Crippen LogP contribution >= 0.6 is 23.2 Å². The number of hydrogen-bond donors (Lipinski definition) is 0. The Bertz CT molecular complexity index is 584. The summed E-state index contributed by atoms with van der Waals surface area (Å²) in [6.45, 7) is 1.43. The van der Waals surface area contributed by atoms with E-state index in [1.165, 1.54) is 6.08 Å². The van der Waals surface area contributed by atoms with Crippen molar-refractivity contribution < 1.29 is 4.79 Å². The summed E-state index contributed by atoms with van der Waals surface area (Å²) in [4.78, 5) is 14.0. The summed E-state index contributed by atoms with van der Waals surface area (Å²) in [5, 5.41) is 10.1. The van der Waals surface area contributed by atoms with Crippen LogP contribution in [-0.2, 0) is 4.79 Å². The Labute approximate surface area is 128 Å². The fraction of sp³-hybridized carbons (Fsp3) is 0.333. The van der Waals surface area contributed by atoms with Crippen LogP contribution in [0.3, 0.4) is 0 Å². The minimum atomic E-state index is -0.224. The molecule has 0 aliphatic carbocycles. The highest BCUT2D eigenvalue weighted by atomic mass is 35.5. The first-order valence-corrected chi connectivity index (χ1v) is 7.23. The quantitative estimate of drug-likeness (QED) is 0.614. The minimum Gasteiger partial charge on any atom is -0.338 e. The molecule has 20 heavy (non-hydrogen) atoms. The van der Waals surface area contributed by atoms with Crippen LogP contribution in [0, 0.1) is 11.3 Å². The zero-order valence-corrected chi connectivity index (χ0v) is 12.4. The Morgan fingerprint density at radius 3 is 2.55 bits per heavy atom. The minimum absolute atomic E-state index is 0.108. The third-order valence-corrected chi connectivity index (χ3v) is 3.82. The van der Waals surface area contributed by atoms with Crippen molar-refractivity contribution in [1.29, 1.82) is 5.26 Å². The van der Waals surface area contributed by atoms with Crippen molar-refractivity contribution in [3.63, 3.8) is 0 Å². The molecule has 0 saturated carbocycles. The Morgan fingerprint density at radius 1 is 1.25 bits per heavy atom. The normalized spacial score (nSPS) is 15.8. The van der Waals surface area contributed by atoms with Gasteiger partial charge in [0.15, 0.2) is 0 Å². The average Bonchev–Trinajstić information content (AvgIpc) is 2.47. The zero-order chi connectivity index (χ0) is 14.5. The number of carbonyl (C=O) groups excluding carboxylic acids is 1. The van der Waals surface area contributed by atoms with Crippen molar-refractivity contribution in [3.8, 4) is 6.07 Å². The summed E-state index contributed by atoms with van der Waals surface area (Å²) in [5.74, 6) is -0.224. The van der Waals surface area contributed by atoms with Crippen molar-refractivity contribution in [1.82, 2.24) is 4.90 Å². The Kier molecular flexibility index (Phi) is 5.05. The molecular formula is C15H14Cl2N2O. The van der Waals surface area contributed by atoms with Gasteiger partial charge >= 0.3 is 0 Å². The maximum atomic E-state index is 12.3. The lowest BCUT2D eigenvalue weighted by molar-refractivity contribution is -0.127. The van der Waals surface area contributed by atoms with Crippen LogP contribution in [0.5, 0.6) is 0 Å². The molecular weight excluding hydrogens is 295 g/mol. The first-order chi connectivity index (χ1) is 9.61. The molecule has 5 heteroatoms. The molecule has 1 saturated heterocycles. The molecule has 1 aromatic rings. The van der Waals surface area contributed by atoms with Crippen LogP contribution in [0.15, 0.2) is 23.8 Å². The van der Waals surface area contributed by atoms with Crippen LogP contribution < -0.4 is 0 Å². The topological polar surface area (TPSA) is 44.1 Å². The predicted molar refractivity (Wildman–Crippen MR) is 80.5 cm³/mol. The van der Waals surface area contributed by atoms with Gasteiger partial charge < -0.3 is 4.90 Å². The zero-order valence-electron chi connectivity index (χ0n) is 10.9. The maximum absolute atomic E-state index is 12.3. The summed E-state index contributed by atoms with van der Waals surface area (Å²) >= 11 is 11.9. The SMILES string of the molecule is N#C/C(=C\c1ccc(Cl)cc1Cl)C(=O)N1CCCCC1. The Morgan fingerprint density at radius 2 is 1.95 bits per heavy atom. The highest BCUT2D eigenvalue weighted by molar-refractivity contribution is 6.35. The number of halogens is 2. The van der Waals surface area contributed by atoms with Gasteiger partial charge in [-0.3, -0.25) is 4.79 Å². The van der Waals surface area contributed by atoms with E-state index >= 15 is 0 Å². The molecule has 1 fully saturated rings. The highest BCUT2D eigenvalue weighted by Gasteiger charge is 2.20. The van der Waals surface area contributed by atoms with E-state index in [2.05, 4.69) is 0 Å². The van der Waals surface area contributed by atoms with Crippen molar-refractivity contribution >= 4 is 35.2 Å². The number of rotatable bonds is 2. The van der Waals surface area contributed by atoms with Crippen LogP contribution in [0.25, 0.3) is 6.08 Å². The van der Waals surface area contributed by atoms with Gasteiger partial charge in [0.05, 0.1) is 0 Å². The average molecular weight is 309 g/mol. The lowest BCUT2D eigenvalue weighted by Gasteiger charge is -2.26. The molecule has 0 unspecified atom stereocenters. The molecule has 1 aromatic carbocycles. The Balaban J connectivity index is 2.24. The standard InChI is InChI=1S/C15H14Cl2N2O/c16-13-5-4-11(14(17)9-13)8-12(10-18)15(20)19-6-2-1-3-7-19/h4-5,8-9H,1-3,6-7H2/b12-8+. The molecule has 104 valence electrons. The van der Waals surface area contributed by atoms with Crippen molar-refractivity contribution in [3.05, 3.63) is 39.4 Å². The molecule has 2 rings (SSSR count). The van der Waals surface area contributed by atoms with E-state index in [1.54, 1.807) is 23.1 Å². The third kappa shape index (κ3) is 3.53. The number of likely N-dealkylation sites (tertiary alicyclic amines) is 1. The number of nitriles is 1. The van der Waals surface area contributed by atoms with Crippen LogP contribution in [-0.4, -0.2) is 23.9 Å². The van der Waals surface area contributed by atoms with E-state index in [-0.39, 0.29) is 11.5 Å². The van der Waals surface area contributed by atoms with Gasteiger partial charge in [-0.25, -0.2) is 0 Å². The van der Waals surface area contributed by atoms with Gasteiger partial charge in [0, 0.05) is 23.1 Å². The van der Waals surface area contributed by atoms with Crippen LogP contribution in [0.2, 0.25) is 10.0 Å². The van der Waals surface area contributed by atoms with E-state index in [9.17, 15) is 10.1 Å². The molecule has 0 aromatic heterocycles. The molecule has 1 amide bonds. The first kappa shape index (κ1) is 14.9. The largest absolute Gasteiger partial charge is 0.338 e.